The topological polar surface area (TPSA) is 97.2 Å². The molecule has 0 radical (unpaired) electrons. The summed E-state index contributed by atoms with van der Waals surface area (Å²) >= 11 is 6.12. The Morgan fingerprint density at radius 1 is 1.11 bits per heavy atom. The number of nitrogens with zero attached hydrogens (tertiary/aromatic N) is 7. The van der Waals surface area contributed by atoms with Crippen molar-refractivity contribution in [2.45, 2.75) is 64.3 Å². The molecule has 2 atom stereocenters. The lowest BCUT2D eigenvalue weighted by atomic mass is 9.84. The van der Waals surface area contributed by atoms with E-state index in [-0.39, 0.29) is 17.0 Å². The third-order valence-electron chi connectivity index (χ3n) is 7.34. The Bertz CT molecular complexity index is 1080. The summed E-state index contributed by atoms with van der Waals surface area (Å²) in [5.41, 5.74) is -0.405. The number of hydrogen-bond acceptors (Lipinski definition) is 7. The first-order chi connectivity index (χ1) is 16.9. The normalized spacial score (nSPS) is 20.6. The van der Waals surface area contributed by atoms with E-state index in [0.29, 0.717) is 10.8 Å². The molecule has 0 amide bonds. The first kappa shape index (κ1) is 24.1. The average Bonchev–Trinajstić information content (AvgIpc) is 3.62. The van der Waals surface area contributed by atoms with Crippen molar-refractivity contribution in [3.63, 3.8) is 0 Å². The van der Waals surface area contributed by atoms with Gasteiger partial charge in [-0.25, -0.2) is 14.3 Å². The van der Waals surface area contributed by atoms with Crippen molar-refractivity contribution in [3.05, 3.63) is 47.8 Å². The second kappa shape index (κ2) is 9.83. The maximum atomic E-state index is 6.58. The molecule has 1 aromatic carbocycles. The number of quaternary nitrogens is 1. The lowest BCUT2D eigenvalue weighted by Gasteiger charge is -2.42. The molecule has 1 N–H and O–H groups in total. The van der Waals surface area contributed by atoms with E-state index in [1.54, 1.807) is 11.0 Å². The summed E-state index contributed by atoms with van der Waals surface area (Å²) in [6.07, 6.45) is 7.14. The number of rotatable bonds is 7. The van der Waals surface area contributed by atoms with Crippen LogP contribution in [0.5, 0.6) is 5.75 Å². The van der Waals surface area contributed by atoms with Crippen LogP contribution in [0.15, 0.2) is 36.9 Å². The van der Waals surface area contributed by atoms with Crippen LogP contribution in [0, 0.1) is 5.41 Å². The SMILES string of the molecule is CC(C)(C)[C@H]([C@@H](Oc1ccc(Cl)cc1)n1cncn1)n1nnnc1C1([NH+]2CCOCC2)CCCC1. The van der Waals surface area contributed by atoms with Gasteiger partial charge in [-0.05, 0) is 52.9 Å². The maximum Gasteiger partial charge on any atom is 0.215 e. The molecule has 1 saturated carbocycles. The average molecular weight is 502 g/mol. The van der Waals surface area contributed by atoms with Gasteiger partial charge in [-0.2, -0.15) is 5.10 Å². The summed E-state index contributed by atoms with van der Waals surface area (Å²) in [6.45, 7) is 10.00. The van der Waals surface area contributed by atoms with Crippen LogP contribution >= 0.6 is 11.6 Å². The highest BCUT2D eigenvalue weighted by Gasteiger charge is 2.52. The number of ether oxygens (including phenoxy) is 2. The van der Waals surface area contributed by atoms with Gasteiger partial charge < -0.3 is 14.4 Å². The van der Waals surface area contributed by atoms with Crippen LogP contribution < -0.4 is 9.64 Å². The minimum Gasteiger partial charge on any atom is -0.466 e. The highest BCUT2D eigenvalue weighted by Crippen LogP contribution is 2.43. The van der Waals surface area contributed by atoms with Gasteiger partial charge in [0.15, 0.2) is 5.54 Å². The molecule has 35 heavy (non-hydrogen) atoms. The lowest BCUT2D eigenvalue weighted by molar-refractivity contribution is -0.968. The van der Waals surface area contributed by atoms with Crippen LogP contribution in [0.4, 0.5) is 0 Å². The molecule has 10 nitrogen and oxygen atoms in total. The molecule has 5 rings (SSSR count). The van der Waals surface area contributed by atoms with Crippen molar-refractivity contribution in [3.8, 4) is 5.75 Å². The summed E-state index contributed by atoms with van der Waals surface area (Å²) in [5, 5.41) is 18.6. The van der Waals surface area contributed by atoms with Crippen LogP contribution in [-0.2, 0) is 10.3 Å². The number of aromatic nitrogens is 7. The molecular weight excluding hydrogens is 468 g/mol. The largest absolute Gasteiger partial charge is 0.466 e. The van der Waals surface area contributed by atoms with E-state index in [4.69, 9.17) is 21.1 Å². The molecule has 2 fully saturated rings. The number of benzene rings is 1. The Kier molecular flexibility index (Phi) is 6.78. The molecule has 3 heterocycles. The van der Waals surface area contributed by atoms with Gasteiger partial charge in [0.2, 0.25) is 12.1 Å². The van der Waals surface area contributed by atoms with Crippen molar-refractivity contribution in [1.29, 1.82) is 0 Å². The van der Waals surface area contributed by atoms with Gasteiger partial charge in [-0.3, -0.25) is 0 Å². The molecule has 2 aliphatic rings. The monoisotopic (exact) mass is 501 g/mol. The minimum atomic E-state index is -0.529. The quantitative estimate of drug-likeness (QED) is 0.531. The number of hydrogen-bond donors (Lipinski definition) is 1. The predicted octanol–water partition coefficient (Wildman–Crippen LogP) is 2.47. The van der Waals surface area contributed by atoms with Gasteiger partial charge in [-0.1, -0.05) is 32.4 Å². The first-order valence-corrected chi connectivity index (χ1v) is 12.7. The number of tetrazole rings is 1. The van der Waals surface area contributed by atoms with Crippen molar-refractivity contribution in [2.75, 3.05) is 26.3 Å². The molecule has 1 aliphatic carbocycles. The molecule has 2 aromatic heterocycles. The molecule has 1 aliphatic heterocycles. The van der Waals surface area contributed by atoms with Crippen LogP contribution in [0.25, 0.3) is 0 Å². The van der Waals surface area contributed by atoms with Gasteiger partial charge in [0.1, 0.15) is 37.5 Å². The standard InChI is InChI=1S/C24H33ClN8O2/c1-23(2,3)20(21(32-17-26-16-27-32)35-19-8-6-18(25)7-9-19)33-22(28-29-30-33)24(10-4-5-11-24)31-12-14-34-15-13-31/h6-9,16-17,20-21H,4-5,10-15H2,1-3H3/p+1/t20-,21+/m0/s1. The molecule has 11 heteroatoms. The van der Waals surface area contributed by atoms with Gasteiger partial charge in [0.25, 0.3) is 0 Å². The van der Waals surface area contributed by atoms with Crippen LogP contribution in [-0.4, -0.2) is 61.3 Å². The molecule has 0 unspecified atom stereocenters. The Labute approximate surface area is 210 Å². The van der Waals surface area contributed by atoms with Crippen molar-refractivity contribution in [2.24, 2.45) is 5.41 Å². The molecule has 0 bridgehead atoms. The molecule has 1 saturated heterocycles. The van der Waals surface area contributed by atoms with Gasteiger partial charge >= 0.3 is 0 Å². The van der Waals surface area contributed by atoms with Gasteiger partial charge in [0, 0.05) is 17.9 Å². The lowest BCUT2D eigenvalue weighted by Crippen LogP contribution is -3.20. The number of morpholine rings is 1. The predicted molar refractivity (Wildman–Crippen MR) is 129 cm³/mol. The molecular formula is C24H34ClN8O2+. The Hall–Kier alpha value is -2.56. The Morgan fingerprint density at radius 3 is 2.46 bits per heavy atom. The molecule has 0 spiro atoms. The smallest absolute Gasteiger partial charge is 0.215 e. The second-order valence-corrected chi connectivity index (χ2v) is 11.0. The van der Waals surface area contributed by atoms with E-state index < -0.39 is 6.23 Å². The van der Waals surface area contributed by atoms with Crippen molar-refractivity contribution in [1.82, 2.24) is 35.0 Å². The number of nitrogens with one attached hydrogen (secondary N) is 1. The van der Waals surface area contributed by atoms with Crippen molar-refractivity contribution < 1.29 is 14.4 Å². The highest BCUT2D eigenvalue weighted by atomic mass is 35.5. The molecule has 188 valence electrons. The van der Waals surface area contributed by atoms with E-state index >= 15 is 0 Å². The maximum absolute atomic E-state index is 6.58. The summed E-state index contributed by atoms with van der Waals surface area (Å²) in [5.74, 6) is 1.62. The fourth-order valence-corrected chi connectivity index (χ4v) is 5.81. The summed E-state index contributed by atoms with van der Waals surface area (Å²) in [4.78, 5) is 5.72. The zero-order valence-corrected chi connectivity index (χ0v) is 21.4. The van der Waals surface area contributed by atoms with Crippen molar-refractivity contribution >= 4 is 11.6 Å². The fraction of sp³-hybridized carbons (Fsp3) is 0.625. The van der Waals surface area contributed by atoms with Crippen LogP contribution in [0.2, 0.25) is 5.02 Å². The number of halogens is 1. The second-order valence-electron chi connectivity index (χ2n) is 10.6. The Balaban J connectivity index is 1.59. The van der Waals surface area contributed by atoms with E-state index in [1.165, 1.54) is 24.1 Å². The molecule has 3 aromatic rings. The summed E-state index contributed by atoms with van der Waals surface area (Å²) in [6, 6.07) is 7.10. The van der Waals surface area contributed by atoms with E-state index in [2.05, 4.69) is 46.4 Å². The first-order valence-electron chi connectivity index (χ1n) is 12.4. The zero-order chi connectivity index (χ0) is 24.5. The zero-order valence-electron chi connectivity index (χ0n) is 20.6. The van der Waals surface area contributed by atoms with Crippen LogP contribution in [0.3, 0.4) is 0 Å². The summed E-state index contributed by atoms with van der Waals surface area (Å²) in [7, 11) is 0. The van der Waals surface area contributed by atoms with E-state index in [1.807, 2.05) is 28.9 Å². The van der Waals surface area contributed by atoms with Crippen LogP contribution in [0.1, 0.15) is 64.5 Å². The minimum absolute atomic E-state index is 0.135. The third kappa shape index (κ3) is 4.79. The Morgan fingerprint density at radius 2 is 1.83 bits per heavy atom. The fourth-order valence-electron chi connectivity index (χ4n) is 5.69. The third-order valence-corrected chi connectivity index (χ3v) is 7.59. The van der Waals surface area contributed by atoms with Gasteiger partial charge in [0.05, 0.1) is 13.2 Å². The van der Waals surface area contributed by atoms with E-state index in [0.717, 1.165) is 45.0 Å². The van der Waals surface area contributed by atoms with E-state index in [9.17, 15) is 0 Å². The summed E-state index contributed by atoms with van der Waals surface area (Å²) < 4.78 is 16.0. The van der Waals surface area contributed by atoms with Gasteiger partial charge in [-0.15, -0.1) is 5.10 Å². The highest BCUT2D eigenvalue weighted by molar-refractivity contribution is 6.30.